The summed E-state index contributed by atoms with van der Waals surface area (Å²) in [5, 5.41) is 18.8. The van der Waals surface area contributed by atoms with E-state index < -0.39 is 12.2 Å². The van der Waals surface area contributed by atoms with Crippen LogP contribution in [-0.4, -0.2) is 58.9 Å². The Balaban J connectivity index is 0. The Morgan fingerprint density at radius 2 is 1.59 bits per heavy atom. The predicted molar refractivity (Wildman–Crippen MR) is 143 cm³/mol. The SMILES string of the molecule is CCOC(=O)N=c1sccn1C.CCOC(=O)NC(=S)NC.CNC(N)=S.Cn1ccsc1=N. The molecular weight excluding hydrogens is 521 g/mol. The molecule has 6 N–H and O–H groups in total. The number of carbonyl (C=O) groups excluding carboxylic acids is 2. The summed E-state index contributed by atoms with van der Waals surface area (Å²) < 4.78 is 12.7. The molecule has 0 aromatic carbocycles. The van der Waals surface area contributed by atoms with Crippen molar-refractivity contribution in [3.8, 4) is 0 Å². The molecule has 0 saturated carbocycles. The number of alkyl carbamates (subject to hydrolysis) is 1. The number of thiocarbonyl (C=S) groups is 2. The van der Waals surface area contributed by atoms with Crippen LogP contribution in [0.1, 0.15) is 13.8 Å². The van der Waals surface area contributed by atoms with Gasteiger partial charge in [-0.15, -0.1) is 27.7 Å². The number of nitrogens with two attached hydrogens (primary N) is 1. The average Bonchev–Trinajstić information content (AvgIpc) is 3.36. The second-order valence-electron chi connectivity index (χ2n) is 5.47. The van der Waals surface area contributed by atoms with Gasteiger partial charge in [0.15, 0.2) is 19.8 Å². The molecule has 0 unspecified atom stereocenters. The molecule has 0 aliphatic carbocycles. The lowest BCUT2D eigenvalue weighted by atomic mass is 10.8. The van der Waals surface area contributed by atoms with Crippen molar-refractivity contribution in [2.24, 2.45) is 24.8 Å². The van der Waals surface area contributed by atoms with Crippen LogP contribution in [0.15, 0.2) is 28.1 Å². The van der Waals surface area contributed by atoms with Gasteiger partial charge in [0, 0.05) is 51.3 Å². The van der Waals surface area contributed by atoms with Crippen molar-refractivity contribution >= 4 is 69.5 Å². The van der Waals surface area contributed by atoms with Crippen molar-refractivity contribution in [2.75, 3.05) is 27.3 Å². The molecule has 0 saturated heterocycles. The standard InChI is InChI=1S/C7H10N2O2S.C5H10N2O2S.C4H6N2S.C2H6N2S/c1-3-11-7(10)8-6-9(2)4-5-12-6;1-3-9-5(8)7-4(10)6-2;1-6-2-3-7-4(6)5;1-4-2(3)5/h4-5H,3H2,1-2H3;3H2,1-2H3,(H2,6,7,8,10);2-3,5H,1H3;1H3,(H3,3,4,5). The van der Waals surface area contributed by atoms with E-state index >= 15 is 0 Å². The van der Waals surface area contributed by atoms with E-state index in [0.29, 0.717) is 27.9 Å². The van der Waals surface area contributed by atoms with Gasteiger partial charge < -0.3 is 35.0 Å². The molecule has 0 fully saturated rings. The number of thiazole rings is 2. The molecule has 2 rings (SSSR count). The highest BCUT2D eigenvalue weighted by Crippen LogP contribution is 1.88. The molecule has 34 heavy (non-hydrogen) atoms. The van der Waals surface area contributed by atoms with Crippen LogP contribution in [0.5, 0.6) is 0 Å². The molecule has 12 nitrogen and oxygen atoms in total. The molecule has 0 aliphatic heterocycles. The maximum atomic E-state index is 10.9. The Labute approximate surface area is 217 Å². The van der Waals surface area contributed by atoms with Gasteiger partial charge in [-0.25, -0.2) is 9.59 Å². The van der Waals surface area contributed by atoms with Gasteiger partial charge in [-0.3, -0.25) is 10.7 Å². The van der Waals surface area contributed by atoms with Gasteiger partial charge in [-0.1, -0.05) is 0 Å². The maximum absolute atomic E-state index is 10.9. The van der Waals surface area contributed by atoms with Gasteiger partial charge in [-0.05, 0) is 38.3 Å². The Bertz CT molecular complexity index is 996. The zero-order valence-corrected chi connectivity index (χ0v) is 23.2. The van der Waals surface area contributed by atoms with Crippen LogP contribution in [0.2, 0.25) is 0 Å². The van der Waals surface area contributed by atoms with Crippen molar-refractivity contribution in [2.45, 2.75) is 13.8 Å². The quantitative estimate of drug-likeness (QED) is 0.347. The third kappa shape index (κ3) is 18.7. The first-order valence-electron chi connectivity index (χ1n) is 9.61. The van der Waals surface area contributed by atoms with Gasteiger partial charge in [-0.2, -0.15) is 0 Å². The largest absolute Gasteiger partial charge is 0.450 e. The first-order valence-corrected chi connectivity index (χ1v) is 12.2. The summed E-state index contributed by atoms with van der Waals surface area (Å²) in [6.07, 6.45) is 2.65. The molecule has 0 spiro atoms. The lowest BCUT2D eigenvalue weighted by Crippen LogP contribution is -2.37. The fourth-order valence-electron chi connectivity index (χ4n) is 1.33. The van der Waals surface area contributed by atoms with Crippen molar-refractivity contribution in [3.05, 3.63) is 32.8 Å². The molecule has 16 heteroatoms. The highest BCUT2D eigenvalue weighted by atomic mass is 32.1. The summed E-state index contributed by atoms with van der Waals surface area (Å²) in [5.74, 6) is 0. The Hall–Kier alpha value is -2.82. The first kappa shape index (κ1) is 33.4. The fraction of sp³-hybridized carbons (Fsp3) is 0.444. The topological polar surface area (TPSA) is 161 Å². The van der Waals surface area contributed by atoms with Crippen LogP contribution >= 0.6 is 47.1 Å². The molecule has 0 radical (unpaired) electrons. The molecule has 0 atom stereocenters. The fourth-order valence-corrected chi connectivity index (χ4v) is 2.73. The van der Waals surface area contributed by atoms with Crippen LogP contribution < -0.4 is 31.3 Å². The zero-order valence-electron chi connectivity index (χ0n) is 19.9. The number of carbonyl (C=O) groups is 2. The number of ether oxygens (including phenoxy) is 2. The van der Waals surface area contributed by atoms with E-state index in [2.05, 4.69) is 54.9 Å². The van der Waals surface area contributed by atoms with Crippen molar-refractivity contribution in [1.29, 1.82) is 5.41 Å². The summed E-state index contributed by atoms with van der Waals surface area (Å²) in [6, 6.07) is 0. The smallest absolute Gasteiger partial charge is 0.436 e. The molecule has 2 aromatic heterocycles. The number of rotatable bonds is 2. The minimum Gasteiger partial charge on any atom is -0.450 e. The number of amides is 2. The zero-order chi connectivity index (χ0) is 26.5. The second kappa shape index (κ2) is 20.8. The first-order chi connectivity index (χ1) is 16.0. The third-order valence-electron chi connectivity index (χ3n) is 2.96. The predicted octanol–water partition coefficient (Wildman–Crippen LogP) is 1.40. The van der Waals surface area contributed by atoms with Gasteiger partial charge in [0.25, 0.3) is 0 Å². The number of hydrogen-bond donors (Lipinski definition) is 5. The molecule has 2 aromatic rings. The van der Waals surface area contributed by atoms with Crippen molar-refractivity contribution < 1.29 is 19.1 Å². The van der Waals surface area contributed by atoms with Gasteiger partial charge in [0.2, 0.25) is 0 Å². The second-order valence-corrected chi connectivity index (χ2v) is 8.08. The summed E-state index contributed by atoms with van der Waals surface area (Å²) >= 11 is 11.8. The average molecular weight is 553 g/mol. The van der Waals surface area contributed by atoms with Crippen LogP contribution in [0.3, 0.4) is 0 Å². The van der Waals surface area contributed by atoms with Crippen molar-refractivity contribution in [3.63, 3.8) is 0 Å². The minimum atomic E-state index is -0.532. The van der Waals surface area contributed by atoms with Gasteiger partial charge in [0.05, 0.1) is 13.2 Å². The van der Waals surface area contributed by atoms with Gasteiger partial charge in [0.1, 0.15) is 0 Å². The lowest BCUT2D eigenvalue weighted by molar-refractivity contribution is 0.157. The molecule has 0 bridgehead atoms. The molecule has 2 heterocycles. The number of nitrogens with one attached hydrogen (secondary N) is 4. The monoisotopic (exact) mass is 552 g/mol. The van der Waals surface area contributed by atoms with E-state index in [1.54, 1.807) is 37.1 Å². The number of hydrogen-bond acceptors (Lipinski definition) is 9. The van der Waals surface area contributed by atoms with E-state index in [-0.39, 0.29) is 5.11 Å². The van der Waals surface area contributed by atoms with E-state index in [0.717, 1.165) is 0 Å². The number of nitrogens with zero attached hydrogens (tertiary/aromatic N) is 3. The Morgan fingerprint density at radius 3 is 1.91 bits per heavy atom. The highest BCUT2D eigenvalue weighted by Gasteiger charge is 2.00. The number of aryl methyl sites for hydroxylation is 2. The van der Waals surface area contributed by atoms with Crippen LogP contribution in [-0.2, 0) is 23.6 Å². The number of aromatic nitrogens is 2. The summed E-state index contributed by atoms with van der Waals surface area (Å²) in [6.45, 7) is 4.18. The van der Waals surface area contributed by atoms with E-state index in [1.807, 2.05) is 37.2 Å². The van der Waals surface area contributed by atoms with E-state index in [1.165, 1.54) is 22.7 Å². The van der Waals surface area contributed by atoms with Crippen molar-refractivity contribution in [1.82, 2.24) is 25.1 Å². The summed E-state index contributed by atoms with van der Waals surface area (Å²) in [5.41, 5.74) is 4.91. The molecular formula is C18H32N8O4S4. The van der Waals surface area contributed by atoms with Crippen LogP contribution in [0.25, 0.3) is 0 Å². The molecule has 2 amide bonds. The lowest BCUT2D eigenvalue weighted by Gasteiger charge is -2.04. The normalized spacial score (nSPS) is 9.41. The van der Waals surface area contributed by atoms with E-state index in [4.69, 9.17) is 11.1 Å². The maximum Gasteiger partial charge on any atom is 0.436 e. The minimum absolute atomic E-state index is 0.262. The van der Waals surface area contributed by atoms with Gasteiger partial charge >= 0.3 is 12.2 Å². The third-order valence-corrected chi connectivity index (χ3v) is 5.09. The summed E-state index contributed by atoms with van der Waals surface area (Å²) in [4.78, 5) is 26.4. The summed E-state index contributed by atoms with van der Waals surface area (Å²) in [7, 11) is 6.99. The van der Waals surface area contributed by atoms with E-state index in [9.17, 15) is 9.59 Å². The molecule has 0 aliphatic rings. The Morgan fingerprint density at radius 1 is 1.06 bits per heavy atom. The Kier molecular flexibility index (Phi) is 20.4. The highest BCUT2D eigenvalue weighted by molar-refractivity contribution is 7.80. The van der Waals surface area contributed by atoms with Crippen LogP contribution in [0, 0.1) is 5.41 Å². The van der Waals surface area contributed by atoms with Crippen LogP contribution in [0.4, 0.5) is 9.59 Å². The molecule has 192 valence electrons.